The van der Waals surface area contributed by atoms with Gasteiger partial charge in [0.1, 0.15) is 5.82 Å². The van der Waals surface area contributed by atoms with Crippen LogP contribution in [-0.4, -0.2) is 43.3 Å². The molecule has 1 atom stereocenters. The monoisotopic (exact) mass is 465 g/mol. The van der Waals surface area contributed by atoms with Gasteiger partial charge in [0.15, 0.2) is 18.1 Å². The van der Waals surface area contributed by atoms with E-state index in [-0.39, 0.29) is 25.7 Å². The van der Waals surface area contributed by atoms with Crippen molar-refractivity contribution in [3.8, 4) is 11.5 Å². The minimum Gasteiger partial charge on any atom is -0.455 e. The molecule has 0 saturated carbocycles. The van der Waals surface area contributed by atoms with E-state index in [4.69, 9.17) is 14.2 Å². The summed E-state index contributed by atoms with van der Waals surface area (Å²) in [4.78, 5) is 29.9. The third-order valence-corrected chi connectivity index (χ3v) is 5.42. The molecule has 1 saturated heterocycles. The van der Waals surface area contributed by atoms with Gasteiger partial charge in [-0.15, -0.1) is 0 Å². The highest BCUT2D eigenvalue weighted by Crippen LogP contribution is 2.36. The number of esters is 1. The Morgan fingerprint density at radius 1 is 1.21 bits per heavy atom. The number of piperidine rings is 1. The molecule has 1 amide bonds. The minimum atomic E-state index is -4.55. The van der Waals surface area contributed by atoms with E-state index in [1.807, 2.05) is 0 Å². The Labute approximate surface area is 187 Å². The van der Waals surface area contributed by atoms with E-state index in [0.29, 0.717) is 30.9 Å². The summed E-state index contributed by atoms with van der Waals surface area (Å²) in [6, 6.07) is 7.46. The van der Waals surface area contributed by atoms with Gasteiger partial charge >= 0.3 is 12.1 Å². The maximum absolute atomic E-state index is 13.3. The van der Waals surface area contributed by atoms with Crippen LogP contribution in [0.25, 0.3) is 0 Å². The Bertz CT molecular complexity index is 1030. The summed E-state index contributed by atoms with van der Waals surface area (Å²) in [5.74, 6) is -0.738. The summed E-state index contributed by atoms with van der Waals surface area (Å²) >= 11 is 0. The van der Waals surface area contributed by atoms with Gasteiger partial charge in [0, 0.05) is 25.8 Å². The fourth-order valence-electron chi connectivity index (χ4n) is 3.79. The van der Waals surface area contributed by atoms with E-state index in [1.54, 1.807) is 18.2 Å². The topological polar surface area (TPSA) is 90.0 Å². The average molecular weight is 465 g/mol. The quantitative estimate of drug-likeness (QED) is 0.656. The Hall–Kier alpha value is -3.50. The van der Waals surface area contributed by atoms with Crippen LogP contribution in [0.1, 0.15) is 24.0 Å². The number of anilines is 1. The molecule has 0 aliphatic carbocycles. The first-order valence-electron chi connectivity index (χ1n) is 10.4. The summed E-state index contributed by atoms with van der Waals surface area (Å²) in [5, 5.41) is 2.65. The number of hydrogen-bond acceptors (Lipinski definition) is 7. The second-order valence-electron chi connectivity index (χ2n) is 7.73. The summed E-state index contributed by atoms with van der Waals surface area (Å²) in [6.07, 6.45) is -2.30. The Morgan fingerprint density at radius 3 is 2.85 bits per heavy atom. The number of benzene rings is 1. The Kier molecular flexibility index (Phi) is 6.57. The lowest BCUT2D eigenvalue weighted by molar-refractivity contribution is -0.152. The van der Waals surface area contributed by atoms with E-state index in [0.717, 1.165) is 11.6 Å². The molecule has 0 spiro atoms. The van der Waals surface area contributed by atoms with Gasteiger partial charge < -0.3 is 24.4 Å². The van der Waals surface area contributed by atoms with Crippen LogP contribution in [-0.2, 0) is 27.0 Å². The SMILES string of the molecule is O=C(COC(=O)C1CCCN(c2ncccc2C(F)(F)F)C1)NCc1ccc2c(c1)OCO2. The third kappa shape index (κ3) is 5.47. The molecule has 1 aromatic carbocycles. The molecule has 2 aromatic rings. The van der Waals surface area contributed by atoms with Crippen LogP contribution in [0.4, 0.5) is 19.0 Å². The Morgan fingerprint density at radius 2 is 2.03 bits per heavy atom. The van der Waals surface area contributed by atoms with Gasteiger partial charge in [-0.3, -0.25) is 9.59 Å². The van der Waals surface area contributed by atoms with Gasteiger partial charge in [0.25, 0.3) is 5.91 Å². The predicted molar refractivity (Wildman–Crippen MR) is 110 cm³/mol. The number of fused-ring (bicyclic) bond motifs is 1. The lowest BCUT2D eigenvalue weighted by Gasteiger charge is -2.33. The summed E-state index contributed by atoms with van der Waals surface area (Å²) in [5.41, 5.74) is -0.0559. The van der Waals surface area contributed by atoms with Crippen molar-refractivity contribution in [1.29, 1.82) is 0 Å². The number of halogens is 3. The van der Waals surface area contributed by atoms with Gasteiger partial charge in [-0.05, 0) is 42.7 Å². The van der Waals surface area contributed by atoms with Gasteiger partial charge in [0.2, 0.25) is 6.79 Å². The van der Waals surface area contributed by atoms with Crippen molar-refractivity contribution in [3.63, 3.8) is 0 Å². The van der Waals surface area contributed by atoms with E-state index in [2.05, 4.69) is 10.3 Å². The Balaban J connectivity index is 1.28. The number of carbonyl (C=O) groups is 2. The third-order valence-electron chi connectivity index (χ3n) is 5.42. The van der Waals surface area contributed by atoms with Crippen LogP contribution < -0.4 is 19.7 Å². The van der Waals surface area contributed by atoms with Crippen LogP contribution in [0.15, 0.2) is 36.5 Å². The zero-order chi connectivity index (χ0) is 23.4. The van der Waals surface area contributed by atoms with Crippen LogP contribution in [0, 0.1) is 5.92 Å². The lowest BCUT2D eigenvalue weighted by atomic mass is 9.98. The molecule has 33 heavy (non-hydrogen) atoms. The molecule has 3 heterocycles. The molecular weight excluding hydrogens is 443 g/mol. The van der Waals surface area contributed by atoms with E-state index in [9.17, 15) is 22.8 Å². The van der Waals surface area contributed by atoms with Crippen LogP contribution >= 0.6 is 0 Å². The minimum absolute atomic E-state index is 0.0394. The zero-order valence-electron chi connectivity index (χ0n) is 17.6. The van der Waals surface area contributed by atoms with Crippen LogP contribution in [0.3, 0.4) is 0 Å². The number of amides is 1. The number of hydrogen-bond donors (Lipinski definition) is 1. The molecule has 1 fully saturated rings. The number of pyridine rings is 1. The van der Waals surface area contributed by atoms with E-state index >= 15 is 0 Å². The molecule has 0 radical (unpaired) electrons. The zero-order valence-corrected chi connectivity index (χ0v) is 17.6. The predicted octanol–water partition coefficient (Wildman–Crippen LogP) is 2.91. The van der Waals surface area contributed by atoms with Crippen LogP contribution in [0.5, 0.6) is 11.5 Å². The number of rotatable bonds is 6. The highest BCUT2D eigenvalue weighted by Gasteiger charge is 2.37. The number of alkyl halides is 3. The fraction of sp³-hybridized carbons (Fsp3) is 0.409. The first-order valence-corrected chi connectivity index (χ1v) is 10.4. The highest BCUT2D eigenvalue weighted by atomic mass is 19.4. The molecule has 8 nitrogen and oxygen atoms in total. The molecule has 0 bridgehead atoms. The normalized spacial score (nSPS) is 17.5. The molecule has 1 aromatic heterocycles. The summed E-state index contributed by atoms with van der Waals surface area (Å²) in [6.45, 7) is 0.274. The van der Waals surface area contributed by atoms with Crippen molar-refractivity contribution in [1.82, 2.24) is 10.3 Å². The number of ether oxygens (including phenoxy) is 3. The number of carbonyl (C=O) groups excluding carboxylic acids is 2. The molecule has 11 heteroatoms. The molecular formula is C22H22F3N3O5. The van der Waals surface area contributed by atoms with Gasteiger partial charge in [-0.25, -0.2) is 4.98 Å². The van der Waals surface area contributed by atoms with E-state index in [1.165, 1.54) is 17.2 Å². The molecule has 2 aliphatic rings. The lowest BCUT2D eigenvalue weighted by Crippen LogP contribution is -2.41. The number of nitrogens with one attached hydrogen (secondary N) is 1. The van der Waals surface area contributed by atoms with Crippen molar-refractivity contribution >= 4 is 17.7 Å². The molecule has 2 aliphatic heterocycles. The second kappa shape index (κ2) is 9.55. The smallest absolute Gasteiger partial charge is 0.419 e. The fourth-order valence-corrected chi connectivity index (χ4v) is 3.79. The molecule has 176 valence electrons. The molecule has 1 N–H and O–H groups in total. The highest BCUT2D eigenvalue weighted by molar-refractivity contribution is 5.81. The molecule has 4 rings (SSSR count). The number of aromatic nitrogens is 1. The van der Waals surface area contributed by atoms with Gasteiger partial charge in [0.05, 0.1) is 11.5 Å². The summed E-state index contributed by atoms with van der Waals surface area (Å²) in [7, 11) is 0. The van der Waals surface area contributed by atoms with Crippen molar-refractivity contribution < 1.29 is 37.0 Å². The van der Waals surface area contributed by atoms with Gasteiger partial charge in [-0.2, -0.15) is 13.2 Å². The summed E-state index contributed by atoms with van der Waals surface area (Å²) < 4.78 is 55.6. The largest absolute Gasteiger partial charge is 0.455 e. The standard InChI is InChI=1S/C22H22F3N3O5/c23-22(24,25)16-4-1-7-26-20(16)28-8-2-3-15(11-28)21(30)31-12-19(29)27-10-14-5-6-17-18(9-14)33-13-32-17/h1,4-7,9,15H,2-3,8,10-13H2,(H,27,29). The second-order valence-corrected chi connectivity index (χ2v) is 7.73. The van der Waals surface area contributed by atoms with Crippen molar-refractivity contribution in [3.05, 3.63) is 47.7 Å². The maximum Gasteiger partial charge on any atom is 0.419 e. The maximum atomic E-state index is 13.3. The van der Waals surface area contributed by atoms with Crippen molar-refractivity contribution in [2.75, 3.05) is 31.4 Å². The van der Waals surface area contributed by atoms with Crippen LogP contribution in [0.2, 0.25) is 0 Å². The first-order chi connectivity index (χ1) is 15.8. The van der Waals surface area contributed by atoms with Crippen molar-refractivity contribution in [2.24, 2.45) is 5.92 Å². The van der Waals surface area contributed by atoms with Crippen molar-refractivity contribution in [2.45, 2.75) is 25.6 Å². The molecule has 1 unspecified atom stereocenters. The van der Waals surface area contributed by atoms with Gasteiger partial charge in [-0.1, -0.05) is 6.07 Å². The number of nitrogens with zero attached hydrogens (tertiary/aromatic N) is 2. The average Bonchev–Trinajstić information content (AvgIpc) is 3.28. The van der Waals surface area contributed by atoms with E-state index < -0.39 is 36.1 Å². The first kappa shape index (κ1) is 22.7.